The molecule has 1 aliphatic carbocycles. The van der Waals surface area contributed by atoms with Crippen LogP contribution in [0.15, 0.2) is 42.6 Å². The number of H-pyrrole nitrogens is 1. The van der Waals surface area contributed by atoms with Gasteiger partial charge in [-0.05, 0) is 69.3 Å². The van der Waals surface area contributed by atoms with Crippen LogP contribution in [0.1, 0.15) is 39.7 Å². The number of fused-ring (bicyclic) bond motifs is 2. The number of aromatic nitrogens is 3. The van der Waals surface area contributed by atoms with Crippen LogP contribution in [0.4, 0.5) is 5.95 Å². The van der Waals surface area contributed by atoms with Gasteiger partial charge >= 0.3 is 5.95 Å². The number of nitrogens with one attached hydrogen (secondary N) is 2. The molecule has 4 N–H and O–H groups in total. The Labute approximate surface area is 225 Å². The predicted molar refractivity (Wildman–Crippen MR) is 147 cm³/mol. The van der Waals surface area contributed by atoms with E-state index in [-0.39, 0.29) is 11.8 Å². The molecule has 3 heterocycles. The number of carbonyl (C=O) groups excluding carboxylic acids is 1. The highest BCUT2D eigenvalue weighted by molar-refractivity contribution is 7.18. The molecule has 1 fully saturated rings. The van der Waals surface area contributed by atoms with Crippen molar-refractivity contribution in [1.29, 1.82) is 0 Å². The average Bonchev–Trinajstić information content (AvgIpc) is 3.61. The van der Waals surface area contributed by atoms with E-state index in [9.17, 15) is 4.79 Å². The SMILES string of the molecule is CN(C)CCOc1cc(-c2cc[nH+]c(N)n2)cc2sc(C3COc4ccc(C(=O)NC5CC5)cc4C3)nc12. The zero-order valence-corrected chi connectivity index (χ0v) is 22.3. The van der Waals surface area contributed by atoms with E-state index in [2.05, 4.69) is 26.3 Å². The first kappa shape index (κ1) is 24.6. The van der Waals surface area contributed by atoms with Gasteiger partial charge in [-0.2, -0.15) is 0 Å². The molecule has 1 saturated carbocycles. The topological polar surface area (TPSA) is 117 Å². The molecule has 1 atom stereocenters. The van der Waals surface area contributed by atoms with Gasteiger partial charge in [0.15, 0.2) is 5.69 Å². The Bertz CT molecular complexity index is 1500. The number of nitrogens with two attached hydrogens (primary N) is 1. The van der Waals surface area contributed by atoms with E-state index in [1.165, 1.54) is 0 Å². The van der Waals surface area contributed by atoms with Crippen LogP contribution in [-0.2, 0) is 6.42 Å². The number of thiazole rings is 1. The summed E-state index contributed by atoms with van der Waals surface area (Å²) in [6.45, 7) is 1.87. The third kappa shape index (κ3) is 5.27. The van der Waals surface area contributed by atoms with Crippen molar-refractivity contribution in [3.05, 3.63) is 58.7 Å². The number of nitrogen functional groups attached to an aromatic ring is 1. The molecule has 2 aliphatic rings. The molecule has 0 bridgehead atoms. The summed E-state index contributed by atoms with van der Waals surface area (Å²) in [6.07, 6.45) is 4.67. The van der Waals surface area contributed by atoms with Gasteiger partial charge in [0, 0.05) is 35.7 Å². The van der Waals surface area contributed by atoms with Crippen molar-refractivity contribution < 1.29 is 19.3 Å². The highest BCUT2D eigenvalue weighted by Gasteiger charge is 2.28. The number of nitrogens with zero attached hydrogens (tertiary/aromatic N) is 3. The van der Waals surface area contributed by atoms with Gasteiger partial charge in [-0.25, -0.2) is 9.97 Å². The highest BCUT2D eigenvalue weighted by atomic mass is 32.1. The lowest BCUT2D eigenvalue weighted by Gasteiger charge is -2.24. The summed E-state index contributed by atoms with van der Waals surface area (Å²) in [5.41, 5.74) is 10.1. The average molecular weight is 532 g/mol. The lowest BCUT2D eigenvalue weighted by atomic mass is 9.95. The van der Waals surface area contributed by atoms with Gasteiger partial charge < -0.3 is 19.7 Å². The number of benzene rings is 2. The van der Waals surface area contributed by atoms with Crippen LogP contribution in [0.2, 0.25) is 0 Å². The highest BCUT2D eigenvalue weighted by Crippen LogP contribution is 2.40. The van der Waals surface area contributed by atoms with Crippen LogP contribution in [0.25, 0.3) is 21.5 Å². The first-order chi connectivity index (χ1) is 18.4. The third-order valence-electron chi connectivity index (χ3n) is 6.77. The molecule has 2 aromatic carbocycles. The summed E-state index contributed by atoms with van der Waals surface area (Å²) < 4.78 is 13.4. The van der Waals surface area contributed by atoms with E-state index in [4.69, 9.17) is 20.2 Å². The van der Waals surface area contributed by atoms with Gasteiger partial charge in [-0.1, -0.05) is 4.98 Å². The normalized spacial score (nSPS) is 16.8. The number of aromatic amines is 1. The molecular formula is C28H31N6O3S+. The minimum absolute atomic E-state index is 0.0165. The molecule has 1 unspecified atom stereocenters. The van der Waals surface area contributed by atoms with Crippen molar-refractivity contribution in [2.24, 2.45) is 0 Å². The second-order valence-electron chi connectivity index (χ2n) is 10.2. The number of ether oxygens (including phenoxy) is 2. The number of hydrogen-bond donors (Lipinski definition) is 2. The Morgan fingerprint density at radius 3 is 2.89 bits per heavy atom. The molecule has 196 valence electrons. The molecule has 1 aliphatic heterocycles. The maximum absolute atomic E-state index is 12.6. The van der Waals surface area contributed by atoms with Gasteiger partial charge in [0.2, 0.25) is 0 Å². The Kier molecular flexibility index (Phi) is 6.59. The number of rotatable bonds is 8. The number of amides is 1. The summed E-state index contributed by atoms with van der Waals surface area (Å²) in [5, 5.41) is 4.06. The number of anilines is 1. The van der Waals surface area contributed by atoms with E-state index in [0.29, 0.717) is 30.8 Å². The Morgan fingerprint density at radius 2 is 2.11 bits per heavy atom. The van der Waals surface area contributed by atoms with Gasteiger partial charge in [-0.3, -0.25) is 10.5 Å². The molecule has 2 aromatic heterocycles. The second-order valence-corrected chi connectivity index (χ2v) is 11.2. The molecule has 0 radical (unpaired) electrons. The largest absolute Gasteiger partial charge is 0.493 e. The van der Waals surface area contributed by atoms with Crippen LogP contribution in [0, 0.1) is 0 Å². The van der Waals surface area contributed by atoms with Gasteiger partial charge in [0.1, 0.15) is 28.6 Å². The smallest absolute Gasteiger partial charge is 0.387 e. The Balaban J connectivity index is 1.31. The van der Waals surface area contributed by atoms with Crippen molar-refractivity contribution in [3.63, 3.8) is 0 Å². The number of likely N-dealkylation sites (N-methyl/N-ethyl adjacent to an activating group) is 1. The van der Waals surface area contributed by atoms with Crippen molar-refractivity contribution in [3.8, 4) is 22.8 Å². The zero-order chi connectivity index (χ0) is 26.2. The van der Waals surface area contributed by atoms with E-state index in [0.717, 1.165) is 69.4 Å². The predicted octanol–water partition coefficient (Wildman–Crippen LogP) is 3.31. The van der Waals surface area contributed by atoms with Crippen LogP contribution < -0.4 is 25.5 Å². The monoisotopic (exact) mass is 531 g/mol. The molecule has 1 amide bonds. The summed E-state index contributed by atoms with van der Waals surface area (Å²) >= 11 is 1.64. The first-order valence-corrected chi connectivity index (χ1v) is 13.7. The Hall–Kier alpha value is -3.76. The second kappa shape index (κ2) is 10.2. The fraction of sp³-hybridized carbons (Fsp3) is 0.357. The summed E-state index contributed by atoms with van der Waals surface area (Å²) in [5.74, 6) is 1.99. The van der Waals surface area contributed by atoms with Crippen molar-refractivity contribution in [2.75, 3.05) is 39.6 Å². The molecule has 0 spiro atoms. The lowest BCUT2D eigenvalue weighted by Crippen LogP contribution is -2.26. The van der Waals surface area contributed by atoms with Crippen LogP contribution in [-0.4, -0.2) is 60.7 Å². The molecule has 6 rings (SSSR count). The Morgan fingerprint density at radius 1 is 1.24 bits per heavy atom. The third-order valence-corrected chi connectivity index (χ3v) is 7.94. The van der Waals surface area contributed by atoms with E-state index in [1.807, 2.05) is 44.4 Å². The van der Waals surface area contributed by atoms with E-state index in [1.54, 1.807) is 17.5 Å². The van der Waals surface area contributed by atoms with Gasteiger partial charge in [0.25, 0.3) is 5.91 Å². The van der Waals surface area contributed by atoms with Crippen molar-refractivity contribution >= 4 is 33.4 Å². The molecule has 38 heavy (non-hydrogen) atoms. The van der Waals surface area contributed by atoms with Crippen LogP contribution in [0.3, 0.4) is 0 Å². The quantitative estimate of drug-likeness (QED) is 0.358. The zero-order valence-electron chi connectivity index (χ0n) is 21.5. The van der Waals surface area contributed by atoms with Crippen LogP contribution in [0.5, 0.6) is 11.5 Å². The lowest BCUT2D eigenvalue weighted by molar-refractivity contribution is -0.364. The summed E-state index contributed by atoms with van der Waals surface area (Å²) in [7, 11) is 4.04. The van der Waals surface area contributed by atoms with Crippen molar-refractivity contribution in [2.45, 2.75) is 31.2 Å². The summed E-state index contributed by atoms with van der Waals surface area (Å²) in [4.78, 5) is 27.1. The van der Waals surface area contributed by atoms with E-state index < -0.39 is 0 Å². The number of carbonyl (C=O) groups is 1. The maximum atomic E-state index is 12.6. The van der Waals surface area contributed by atoms with Crippen LogP contribution >= 0.6 is 11.3 Å². The molecule has 0 saturated heterocycles. The molecule has 10 heteroatoms. The summed E-state index contributed by atoms with van der Waals surface area (Å²) in [6, 6.07) is 12.0. The minimum Gasteiger partial charge on any atom is -0.493 e. The van der Waals surface area contributed by atoms with Gasteiger partial charge in [0.05, 0.1) is 17.5 Å². The first-order valence-electron chi connectivity index (χ1n) is 12.9. The maximum Gasteiger partial charge on any atom is 0.387 e. The van der Waals surface area contributed by atoms with Crippen molar-refractivity contribution in [1.82, 2.24) is 20.2 Å². The fourth-order valence-electron chi connectivity index (χ4n) is 4.54. The fourth-order valence-corrected chi connectivity index (χ4v) is 5.65. The van der Waals surface area contributed by atoms with E-state index >= 15 is 0 Å². The molecule has 4 aromatic rings. The molecule has 9 nitrogen and oxygen atoms in total. The molecular weight excluding hydrogens is 500 g/mol. The number of hydrogen-bond acceptors (Lipinski definition) is 8. The standard InChI is InChI=1S/C28H30N6O3S/c1-34(2)9-10-36-23-13-17(21-7-8-30-28(29)32-21)14-24-25(23)33-27(38-24)19-12-18-11-16(3-6-22(18)37-15-19)26(35)31-20-4-5-20/h3,6-8,11,13-14,19-20H,4-5,9-10,12,15H2,1-2H3,(H,31,35)(H2,29,30,32)/p+1. The minimum atomic E-state index is -0.0165. The van der Waals surface area contributed by atoms with Gasteiger partial charge in [-0.15, -0.1) is 11.3 Å².